The molecule has 0 spiro atoms. The molecule has 1 aromatic heterocycles. The zero-order chi connectivity index (χ0) is 17.2. The molecule has 2 aromatic carbocycles. The van der Waals surface area contributed by atoms with E-state index in [-0.39, 0.29) is 15.7 Å². The second-order valence-electron chi connectivity index (χ2n) is 5.07. The molecule has 0 aliphatic rings. The van der Waals surface area contributed by atoms with Crippen LogP contribution in [0, 0.1) is 0 Å². The van der Waals surface area contributed by atoms with Crippen molar-refractivity contribution in [3.63, 3.8) is 0 Å². The van der Waals surface area contributed by atoms with E-state index in [1.165, 1.54) is 17.4 Å². The van der Waals surface area contributed by atoms with Gasteiger partial charge in [0.05, 0.1) is 28.5 Å². The summed E-state index contributed by atoms with van der Waals surface area (Å²) in [5, 5.41) is 2.72. The lowest BCUT2D eigenvalue weighted by Gasteiger charge is -2.04. The number of benzene rings is 2. The van der Waals surface area contributed by atoms with Crippen LogP contribution >= 0.6 is 22.9 Å². The Morgan fingerprint density at radius 1 is 1.17 bits per heavy atom. The van der Waals surface area contributed by atoms with Crippen molar-refractivity contribution >= 4 is 32.8 Å². The summed E-state index contributed by atoms with van der Waals surface area (Å²) in [6.07, 6.45) is 0. The lowest BCUT2D eigenvalue weighted by atomic mass is 10.2. The predicted octanol–water partition coefficient (Wildman–Crippen LogP) is 4.45. The van der Waals surface area contributed by atoms with Crippen molar-refractivity contribution in [1.82, 2.24) is 4.98 Å². The van der Waals surface area contributed by atoms with Crippen molar-refractivity contribution in [2.45, 2.75) is 10.6 Å². The van der Waals surface area contributed by atoms with Gasteiger partial charge in [-0.2, -0.15) is 0 Å². The van der Waals surface area contributed by atoms with Crippen LogP contribution in [0.1, 0.15) is 5.69 Å². The molecule has 0 N–H and O–H groups in total. The molecule has 1 heterocycles. The summed E-state index contributed by atoms with van der Waals surface area (Å²) in [6, 6.07) is 13.9. The third-order valence-electron chi connectivity index (χ3n) is 3.38. The van der Waals surface area contributed by atoms with Gasteiger partial charge in [0.15, 0.2) is 9.84 Å². The van der Waals surface area contributed by atoms with Crippen molar-refractivity contribution in [2.75, 3.05) is 7.11 Å². The Morgan fingerprint density at radius 3 is 2.71 bits per heavy atom. The third kappa shape index (κ3) is 3.61. The van der Waals surface area contributed by atoms with Crippen LogP contribution in [0.5, 0.6) is 5.75 Å². The zero-order valence-corrected chi connectivity index (χ0v) is 15.2. The third-order valence-corrected chi connectivity index (χ3v) is 6.46. The van der Waals surface area contributed by atoms with Crippen LogP contribution in [0.2, 0.25) is 5.02 Å². The highest BCUT2D eigenvalue weighted by molar-refractivity contribution is 7.90. The number of rotatable bonds is 5. The number of ether oxygens (including phenoxy) is 1. The standard InChI is InChI=1S/C17H14ClNO3S2/c1-22-14-6-4-5-12(9-14)17-19-13(10-23-17)11-24(20,21)16-8-3-2-7-15(16)18/h2-10H,11H2,1H3. The first-order chi connectivity index (χ1) is 11.5. The van der Waals surface area contributed by atoms with Gasteiger partial charge in [-0.1, -0.05) is 35.9 Å². The Kier molecular flexibility index (Phi) is 4.89. The van der Waals surface area contributed by atoms with E-state index >= 15 is 0 Å². The molecule has 0 amide bonds. The summed E-state index contributed by atoms with van der Waals surface area (Å²) in [5.74, 6) is 0.546. The van der Waals surface area contributed by atoms with Gasteiger partial charge in [0.25, 0.3) is 0 Å². The number of halogens is 1. The molecule has 4 nitrogen and oxygen atoms in total. The van der Waals surface area contributed by atoms with E-state index in [9.17, 15) is 8.42 Å². The minimum atomic E-state index is -3.54. The highest BCUT2D eigenvalue weighted by atomic mass is 35.5. The molecule has 124 valence electrons. The first-order valence-corrected chi connectivity index (χ1v) is 9.97. The van der Waals surface area contributed by atoms with Crippen LogP contribution < -0.4 is 4.74 Å². The molecule has 24 heavy (non-hydrogen) atoms. The van der Waals surface area contributed by atoms with E-state index in [0.717, 1.165) is 16.3 Å². The number of hydrogen-bond donors (Lipinski definition) is 0. The summed E-state index contributed by atoms with van der Waals surface area (Å²) >= 11 is 7.40. The van der Waals surface area contributed by atoms with E-state index < -0.39 is 9.84 Å². The molecular weight excluding hydrogens is 366 g/mol. The summed E-state index contributed by atoms with van der Waals surface area (Å²) < 4.78 is 30.3. The number of thiazole rings is 1. The summed E-state index contributed by atoms with van der Waals surface area (Å²) in [7, 11) is -1.94. The zero-order valence-electron chi connectivity index (χ0n) is 12.8. The average molecular weight is 380 g/mol. The molecule has 0 saturated heterocycles. The van der Waals surface area contributed by atoms with Gasteiger partial charge in [-0.05, 0) is 24.3 Å². The van der Waals surface area contributed by atoms with Crippen molar-refractivity contribution in [2.24, 2.45) is 0 Å². The van der Waals surface area contributed by atoms with Gasteiger partial charge in [-0.15, -0.1) is 11.3 Å². The number of sulfone groups is 1. The average Bonchev–Trinajstić information content (AvgIpc) is 3.03. The second kappa shape index (κ2) is 6.93. The van der Waals surface area contributed by atoms with Crippen LogP contribution in [-0.4, -0.2) is 20.5 Å². The molecule has 0 fully saturated rings. The topological polar surface area (TPSA) is 56.3 Å². The minimum absolute atomic E-state index is 0.127. The molecule has 3 rings (SSSR count). The first kappa shape index (κ1) is 17.0. The molecule has 0 unspecified atom stereocenters. The van der Waals surface area contributed by atoms with Crippen LogP contribution in [0.15, 0.2) is 58.8 Å². The Balaban J connectivity index is 1.87. The summed E-state index contributed by atoms with van der Waals surface area (Å²) in [6.45, 7) is 0. The fourth-order valence-corrected chi connectivity index (χ4v) is 4.99. The van der Waals surface area contributed by atoms with Gasteiger partial charge in [0, 0.05) is 10.9 Å². The fraction of sp³-hybridized carbons (Fsp3) is 0.118. The normalized spacial score (nSPS) is 11.4. The molecule has 0 atom stereocenters. The Labute approximate surface area is 149 Å². The van der Waals surface area contributed by atoms with E-state index in [0.29, 0.717) is 5.69 Å². The van der Waals surface area contributed by atoms with Crippen LogP contribution in [-0.2, 0) is 15.6 Å². The highest BCUT2D eigenvalue weighted by Crippen LogP contribution is 2.29. The molecule has 3 aromatic rings. The van der Waals surface area contributed by atoms with Gasteiger partial charge in [0.1, 0.15) is 10.8 Å². The quantitative estimate of drug-likeness (QED) is 0.657. The largest absolute Gasteiger partial charge is 0.497 e. The molecule has 0 saturated carbocycles. The number of hydrogen-bond acceptors (Lipinski definition) is 5. The maximum absolute atomic E-state index is 12.5. The predicted molar refractivity (Wildman–Crippen MR) is 96.4 cm³/mol. The Hall–Kier alpha value is -1.89. The van der Waals surface area contributed by atoms with E-state index in [2.05, 4.69) is 4.98 Å². The Morgan fingerprint density at radius 2 is 1.96 bits per heavy atom. The van der Waals surface area contributed by atoms with Gasteiger partial charge >= 0.3 is 0 Å². The SMILES string of the molecule is COc1cccc(-c2nc(CS(=O)(=O)c3ccccc3Cl)cs2)c1. The van der Waals surface area contributed by atoms with Crippen molar-refractivity contribution in [1.29, 1.82) is 0 Å². The number of aromatic nitrogens is 1. The number of nitrogens with zero attached hydrogens (tertiary/aromatic N) is 1. The highest BCUT2D eigenvalue weighted by Gasteiger charge is 2.20. The number of methoxy groups -OCH3 is 1. The molecule has 7 heteroatoms. The summed E-state index contributed by atoms with van der Waals surface area (Å²) in [5.41, 5.74) is 1.39. The lowest BCUT2D eigenvalue weighted by Crippen LogP contribution is -2.05. The molecule has 0 aliphatic carbocycles. The first-order valence-electron chi connectivity index (χ1n) is 7.06. The Bertz CT molecular complexity index is 967. The molecule has 0 aliphatic heterocycles. The monoisotopic (exact) mass is 379 g/mol. The van der Waals surface area contributed by atoms with Crippen LogP contribution in [0.25, 0.3) is 10.6 Å². The van der Waals surface area contributed by atoms with E-state index in [1.807, 2.05) is 24.3 Å². The molecule has 0 radical (unpaired) electrons. The fourth-order valence-electron chi connectivity index (χ4n) is 2.23. The summed E-state index contributed by atoms with van der Waals surface area (Å²) in [4.78, 5) is 4.56. The smallest absolute Gasteiger partial charge is 0.185 e. The van der Waals surface area contributed by atoms with Crippen molar-refractivity contribution in [3.8, 4) is 16.3 Å². The minimum Gasteiger partial charge on any atom is -0.497 e. The van der Waals surface area contributed by atoms with Crippen LogP contribution in [0.3, 0.4) is 0 Å². The maximum atomic E-state index is 12.5. The molecule has 0 bridgehead atoms. The van der Waals surface area contributed by atoms with Gasteiger partial charge in [0.2, 0.25) is 0 Å². The van der Waals surface area contributed by atoms with Gasteiger partial charge < -0.3 is 4.74 Å². The lowest BCUT2D eigenvalue weighted by molar-refractivity contribution is 0.415. The van der Waals surface area contributed by atoms with Crippen LogP contribution in [0.4, 0.5) is 0 Å². The van der Waals surface area contributed by atoms with Gasteiger partial charge in [-0.25, -0.2) is 13.4 Å². The van der Waals surface area contributed by atoms with Gasteiger partial charge in [-0.3, -0.25) is 0 Å². The van der Waals surface area contributed by atoms with Crippen molar-refractivity contribution < 1.29 is 13.2 Å². The second-order valence-corrected chi connectivity index (χ2v) is 8.29. The van der Waals surface area contributed by atoms with E-state index in [1.54, 1.807) is 30.7 Å². The maximum Gasteiger partial charge on any atom is 0.185 e. The van der Waals surface area contributed by atoms with Crippen molar-refractivity contribution in [3.05, 3.63) is 64.6 Å². The van der Waals surface area contributed by atoms with E-state index in [4.69, 9.17) is 16.3 Å². The molecular formula is C17H14ClNO3S2.